The molecule has 2 rings (SSSR count). The molecule has 2 aliphatic heterocycles. The summed E-state index contributed by atoms with van der Waals surface area (Å²) in [6, 6.07) is 0. The third kappa shape index (κ3) is 33.8. The van der Waals surface area contributed by atoms with E-state index in [2.05, 4.69) is 22.6 Å². The number of rotatable bonds is 21. The first-order chi connectivity index (χ1) is 17.7. The summed E-state index contributed by atoms with van der Waals surface area (Å²) < 4.78 is 33.9. The van der Waals surface area contributed by atoms with Gasteiger partial charge in [-0.3, -0.25) is 0 Å². The molecule has 0 aromatic rings. The van der Waals surface area contributed by atoms with E-state index in [1.807, 2.05) is 41.5 Å². The predicted molar refractivity (Wildman–Crippen MR) is 148 cm³/mol. The van der Waals surface area contributed by atoms with Gasteiger partial charge in [0.05, 0.1) is 78.3 Å². The van der Waals surface area contributed by atoms with E-state index in [9.17, 15) is 0 Å². The maximum Gasteiger partial charge on any atom is 0.0781 e. The van der Waals surface area contributed by atoms with Gasteiger partial charge in [-0.2, -0.15) is 12.8 Å². The fourth-order valence-corrected chi connectivity index (χ4v) is 3.60. The van der Waals surface area contributed by atoms with Crippen molar-refractivity contribution in [3.63, 3.8) is 0 Å². The van der Waals surface area contributed by atoms with E-state index in [0.29, 0.717) is 52.9 Å². The zero-order chi connectivity index (χ0) is 26.7. The molecule has 2 aliphatic rings. The van der Waals surface area contributed by atoms with Gasteiger partial charge in [0.2, 0.25) is 0 Å². The maximum absolute atomic E-state index is 5.71. The zero-order valence-corrected chi connectivity index (χ0v) is 37.4. The van der Waals surface area contributed by atoms with E-state index in [4.69, 9.17) is 28.4 Å². The normalized spacial score (nSPS) is 16.1. The van der Waals surface area contributed by atoms with Gasteiger partial charge in [-0.15, -0.1) is 13.1 Å². The number of ether oxygens (including phenoxy) is 6. The van der Waals surface area contributed by atoms with Gasteiger partial charge >= 0.3 is 0 Å². The average Bonchev–Trinajstić information content (AvgIpc) is 3.62. The maximum atomic E-state index is 5.71. The van der Waals surface area contributed by atoms with E-state index in [1.165, 1.54) is 12.8 Å². The number of likely N-dealkylation sites (tertiary alicyclic amines) is 2. The first-order valence-electron chi connectivity index (χ1n) is 14.4. The summed E-state index contributed by atoms with van der Waals surface area (Å²) in [6.07, 6.45) is 7.14. The Hall–Kier alpha value is 2.95. The summed E-state index contributed by atoms with van der Waals surface area (Å²) in [6.45, 7) is 24.8. The van der Waals surface area contributed by atoms with Crippen molar-refractivity contribution < 1.29 is 128 Å². The summed E-state index contributed by atoms with van der Waals surface area (Å²) in [5, 5.41) is 0. The van der Waals surface area contributed by atoms with Gasteiger partial charge in [-0.25, -0.2) is 0 Å². The van der Waals surface area contributed by atoms with Gasteiger partial charge in [0.1, 0.15) is 0 Å². The van der Waals surface area contributed by atoms with Crippen LogP contribution >= 0.6 is 0 Å². The summed E-state index contributed by atoms with van der Waals surface area (Å²) in [4.78, 5) is 4.80. The molecule has 12 heteroatoms. The van der Waals surface area contributed by atoms with Gasteiger partial charge in [0, 0.05) is 112 Å². The molecule has 0 bridgehead atoms. The Labute approximate surface area is 319 Å². The Bertz CT molecular complexity index is 406. The first-order valence-corrected chi connectivity index (χ1v) is 14.4. The second-order valence-corrected chi connectivity index (χ2v) is 8.49. The minimum Gasteiger partial charge on any atom is -0.378 e. The van der Waals surface area contributed by atoms with E-state index >= 15 is 0 Å². The molecule has 2 heterocycles. The molecular formula is C28H58N2O6U2V2-2. The largest absolute Gasteiger partial charge is 0.378 e. The number of hydrogen-bond acceptors (Lipinski definition) is 8. The van der Waals surface area contributed by atoms with E-state index in [0.717, 1.165) is 52.5 Å². The third-order valence-corrected chi connectivity index (χ3v) is 5.51. The van der Waals surface area contributed by atoms with E-state index < -0.39 is 0 Å². The molecule has 0 N–H and O–H groups in total. The van der Waals surface area contributed by atoms with Crippen LogP contribution in [0.15, 0.2) is 0 Å². The van der Waals surface area contributed by atoms with Gasteiger partial charge in [-0.05, 0) is 26.9 Å². The molecule has 40 heavy (non-hydrogen) atoms. The molecule has 0 spiro atoms. The van der Waals surface area contributed by atoms with Crippen LogP contribution < -0.4 is 0 Å². The molecule has 2 unspecified atom stereocenters. The van der Waals surface area contributed by atoms with Crippen LogP contribution in [0.2, 0.25) is 0 Å². The summed E-state index contributed by atoms with van der Waals surface area (Å²) in [5.74, 6) is 0. The van der Waals surface area contributed by atoms with Crippen molar-refractivity contribution in [2.24, 2.45) is 0 Å². The Morgan fingerprint density at radius 3 is 1.23 bits per heavy atom. The monoisotopic (exact) mass is 1100 g/mol. The first kappa shape index (κ1) is 52.5. The standard InChI is InChI=1S/C24H46N2O6.2C2H6.2U.2V/c1-23(31-19-17-27-13-11-25-7-3-4-8-25)21-29-15-16-30-22-24(2)32-20-18-28-14-12-26-9-5-6-10-26;2*1-2;;;;/h3,5,23-24H,4,6-22H2,1-2H3;2*1-2H3;;;;/q-2;;;;;;. The predicted octanol–water partition coefficient (Wildman–Crippen LogP) is 3.73. The Kier molecular flexibility index (Phi) is 55.0. The summed E-state index contributed by atoms with van der Waals surface area (Å²) in [5.41, 5.74) is 0. The fourth-order valence-electron chi connectivity index (χ4n) is 3.60. The Morgan fingerprint density at radius 2 is 0.900 bits per heavy atom. The molecule has 8 nitrogen and oxygen atoms in total. The van der Waals surface area contributed by atoms with Gasteiger partial charge < -0.3 is 51.1 Å². The smallest absolute Gasteiger partial charge is 0.0781 e. The van der Waals surface area contributed by atoms with Crippen LogP contribution in [0.4, 0.5) is 0 Å². The molecule has 0 saturated carbocycles. The van der Waals surface area contributed by atoms with Crippen molar-refractivity contribution in [1.82, 2.24) is 9.80 Å². The Balaban J connectivity index is -0.000000487. The number of hydrogen-bond donors (Lipinski definition) is 0. The van der Waals surface area contributed by atoms with Crippen LogP contribution in [0.25, 0.3) is 0 Å². The molecule has 2 saturated heterocycles. The van der Waals surface area contributed by atoms with Crippen molar-refractivity contribution in [3.05, 3.63) is 12.8 Å². The molecule has 0 amide bonds. The van der Waals surface area contributed by atoms with Gasteiger partial charge in [0.25, 0.3) is 0 Å². The van der Waals surface area contributed by atoms with E-state index in [-0.39, 0.29) is 112 Å². The van der Waals surface area contributed by atoms with Crippen molar-refractivity contribution in [2.75, 3.05) is 105 Å². The van der Waals surface area contributed by atoms with Crippen LogP contribution in [-0.4, -0.2) is 127 Å². The van der Waals surface area contributed by atoms with Crippen LogP contribution in [0.3, 0.4) is 0 Å². The van der Waals surface area contributed by atoms with Crippen molar-refractivity contribution in [3.8, 4) is 0 Å². The SMILES string of the molecule is CC.CC.CC(COCCOCC(C)OCCOCCN1C[CH-]CC1)OCCOCCN1C[CH-]CC1.[U].[U].[V].[V]. The second-order valence-electron chi connectivity index (χ2n) is 8.49. The van der Waals surface area contributed by atoms with Crippen molar-refractivity contribution in [2.45, 2.75) is 66.6 Å². The molecule has 0 aromatic heterocycles. The minimum absolute atomic E-state index is 0. The van der Waals surface area contributed by atoms with Gasteiger partial charge in [-0.1, -0.05) is 27.7 Å². The van der Waals surface area contributed by atoms with Gasteiger partial charge in [0.15, 0.2) is 0 Å². The molecule has 236 valence electrons. The zero-order valence-electron chi connectivity index (χ0n) is 26.3. The minimum atomic E-state index is 0. The molecule has 2 radical (unpaired) electrons. The molecular weight excluding hydrogens is 1040 g/mol. The fraction of sp³-hybridized carbons (Fsp3) is 0.929. The summed E-state index contributed by atoms with van der Waals surface area (Å²) in [7, 11) is 0. The molecule has 0 aliphatic carbocycles. The van der Waals surface area contributed by atoms with Crippen LogP contribution in [0.1, 0.15) is 54.4 Å². The summed E-state index contributed by atoms with van der Waals surface area (Å²) >= 11 is 0. The van der Waals surface area contributed by atoms with Crippen LogP contribution in [0.5, 0.6) is 0 Å². The molecule has 2 atom stereocenters. The quantitative estimate of drug-likeness (QED) is 0.128. The topological polar surface area (TPSA) is 61.9 Å². The number of nitrogens with zero attached hydrogens (tertiary/aromatic N) is 2. The van der Waals surface area contributed by atoms with Crippen LogP contribution in [-0.2, 0) is 65.5 Å². The third-order valence-electron chi connectivity index (χ3n) is 5.51. The van der Waals surface area contributed by atoms with Crippen LogP contribution in [0, 0.1) is 75.1 Å². The average molecular weight is 1100 g/mol. The molecule has 0 aromatic carbocycles. The second kappa shape index (κ2) is 42.0. The molecule has 2 fully saturated rings. The Morgan fingerprint density at radius 1 is 0.550 bits per heavy atom. The van der Waals surface area contributed by atoms with E-state index in [1.54, 1.807) is 0 Å². The van der Waals surface area contributed by atoms with Crippen molar-refractivity contribution >= 4 is 0 Å². The van der Waals surface area contributed by atoms with Crippen molar-refractivity contribution in [1.29, 1.82) is 0 Å².